The average molecular weight is 1200 g/mol. The molecule has 0 bridgehead atoms. The predicted molar refractivity (Wildman–Crippen MR) is 317 cm³/mol. The Labute approximate surface area is 475 Å². The second-order valence-corrected chi connectivity index (χ2v) is 22.4. The zero-order chi connectivity index (χ0) is 52.9. The molecule has 2 aliphatic rings. The van der Waals surface area contributed by atoms with Gasteiger partial charge in [0, 0.05) is 34.0 Å². The first kappa shape index (κ1) is 49.8. The van der Waals surface area contributed by atoms with Crippen LogP contribution in [0, 0.1) is 12.1 Å². The third-order valence-corrected chi connectivity index (χ3v) is 15.3. The summed E-state index contributed by atoms with van der Waals surface area (Å²) in [5.74, 6) is 4.84. The molecule has 14 rings (SSSR count). The van der Waals surface area contributed by atoms with Gasteiger partial charge in [-0.15, -0.1) is 23.8 Å². The molecule has 2 aromatic heterocycles. The van der Waals surface area contributed by atoms with Crippen LogP contribution in [-0.2, 0) is 31.9 Å². The molecule has 0 saturated carbocycles. The van der Waals surface area contributed by atoms with Gasteiger partial charge < -0.3 is 23.3 Å². The van der Waals surface area contributed by atoms with Crippen molar-refractivity contribution in [1.82, 2.24) is 19.1 Å². The Kier molecular flexibility index (Phi) is 12.2. The smallest absolute Gasteiger partial charge is 0.503 e. The van der Waals surface area contributed by atoms with Gasteiger partial charge >= 0.3 is 21.1 Å². The van der Waals surface area contributed by atoms with Crippen LogP contribution in [0.15, 0.2) is 212 Å². The van der Waals surface area contributed by atoms with Gasteiger partial charge in [0.2, 0.25) is 6.71 Å². The van der Waals surface area contributed by atoms with E-state index in [2.05, 4.69) is 221 Å². The monoisotopic (exact) mass is 1200 g/mol. The number of hydrogen-bond acceptors (Lipinski definition) is 5. The zero-order valence-electron chi connectivity index (χ0n) is 44.6. The van der Waals surface area contributed by atoms with Crippen molar-refractivity contribution in [1.29, 1.82) is 0 Å². The van der Waals surface area contributed by atoms with Crippen molar-refractivity contribution in [3.63, 3.8) is 0 Å². The minimum absolute atomic E-state index is 0. The van der Waals surface area contributed by atoms with Crippen LogP contribution in [0.5, 0.6) is 34.5 Å². The van der Waals surface area contributed by atoms with Crippen molar-refractivity contribution in [2.75, 3.05) is 0 Å². The van der Waals surface area contributed by atoms with E-state index >= 15 is 0 Å². The molecule has 0 unspecified atom stereocenters. The van der Waals surface area contributed by atoms with E-state index in [9.17, 15) is 0 Å². The van der Waals surface area contributed by atoms with E-state index in [1.54, 1.807) is 0 Å². The minimum Gasteiger partial charge on any atom is -0.503 e. The van der Waals surface area contributed by atoms with Crippen LogP contribution in [-0.4, -0.2) is 25.8 Å². The predicted octanol–water partition coefficient (Wildman–Crippen LogP) is 15.7. The first-order valence-corrected chi connectivity index (χ1v) is 26.7. The Bertz CT molecular complexity index is 4330. The summed E-state index contributed by atoms with van der Waals surface area (Å²) in [6, 6.07) is 81.4. The summed E-state index contributed by atoms with van der Waals surface area (Å²) < 4.78 is 26.0. The van der Waals surface area contributed by atoms with E-state index in [0.717, 1.165) is 95.0 Å². The quantitative estimate of drug-likeness (QED) is 0.112. The van der Waals surface area contributed by atoms with Gasteiger partial charge in [-0.2, -0.15) is 0 Å². The Morgan fingerprint density at radius 1 is 0.468 bits per heavy atom. The summed E-state index contributed by atoms with van der Waals surface area (Å²) in [7, 11) is 0. The van der Waals surface area contributed by atoms with E-state index in [1.165, 1.54) is 11.1 Å². The maximum Gasteiger partial charge on any atom is 2.00 e. The third kappa shape index (κ3) is 8.58. The standard InChI is InChI=1S/C70H53BN4O3.Pt/c1-69(2,3)47-36-38-57(50(41-47)44-22-9-7-10-23-44)74-59-32-17-15-30-55(59)72-67(74)46-26-21-27-49(40-46)76-63-43-52(65-64-66(63)78-62-35-20-14-29-54(62)71(64)53-28-13-19-34-61(53)77-65)68-73-56-31-16-18-33-60(56)75(68)58-39-37-48(70(4,5)6)42-51(58)45-24-11-8-12-25-45;/h7-39,41-42H,1-6H3;/q-2;+2. The summed E-state index contributed by atoms with van der Waals surface area (Å²) in [4.78, 5) is 10.9. The van der Waals surface area contributed by atoms with Crippen LogP contribution in [0.1, 0.15) is 52.7 Å². The fourth-order valence-electron chi connectivity index (χ4n) is 11.3. The molecule has 0 atom stereocenters. The topological polar surface area (TPSA) is 63.3 Å². The van der Waals surface area contributed by atoms with Crippen molar-refractivity contribution < 1.29 is 35.3 Å². The first-order chi connectivity index (χ1) is 37.9. The number of nitrogens with zero attached hydrogens (tertiary/aromatic N) is 4. The van der Waals surface area contributed by atoms with Gasteiger partial charge in [-0.3, -0.25) is 9.97 Å². The molecule has 0 amide bonds. The Morgan fingerprint density at radius 3 is 1.51 bits per heavy atom. The van der Waals surface area contributed by atoms with Crippen LogP contribution in [0.25, 0.3) is 78.5 Å². The molecular weight excluding hydrogens is 1150 g/mol. The molecule has 384 valence electrons. The number of fused-ring (bicyclic) bond motifs is 6. The van der Waals surface area contributed by atoms with Crippen molar-refractivity contribution in [3.05, 3.63) is 236 Å². The van der Waals surface area contributed by atoms with Crippen molar-refractivity contribution in [3.8, 4) is 90.9 Å². The number of rotatable bonds is 8. The van der Waals surface area contributed by atoms with Gasteiger partial charge in [-0.25, -0.2) is 0 Å². The molecule has 0 spiro atoms. The molecule has 4 heterocycles. The molecule has 0 saturated heterocycles. The normalized spacial score (nSPS) is 12.5. The SMILES string of the molecule is CC(C)(C)c1ccc(-n2c(-c3[c-]c(Oc4[c-]c(-c5nc6ccccc6n5-c5ccc(C(C)(C)C)cc5-c5ccccc5)c5c6c4Oc4ccccc4B6c4ccccc4O5)ccc3)nc3ccccc32)c(-c2ccccc2)c1.[Pt+2]. The number of para-hydroxylation sites is 6. The number of aromatic nitrogens is 4. The number of hydrogen-bond donors (Lipinski definition) is 0. The fourth-order valence-corrected chi connectivity index (χ4v) is 11.3. The number of ether oxygens (including phenoxy) is 3. The fraction of sp³-hybridized carbons (Fsp3) is 0.114. The van der Waals surface area contributed by atoms with Crippen molar-refractivity contribution in [2.24, 2.45) is 0 Å². The van der Waals surface area contributed by atoms with Crippen LogP contribution < -0.4 is 30.6 Å². The van der Waals surface area contributed by atoms with E-state index < -0.39 is 0 Å². The van der Waals surface area contributed by atoms with Gasteiger partial charge in [0.05, 0.1) is 45.2 Å². The van der Waals surface area contributed by atoms with Crippen molar-refractivity contribution in [2.45, 2.75) is 52.4 Å². The maximum absolute atomic E-state index is 7.24. The van der Waals surface area contributed by atoms with Crippen LogP contribution in [0.2, 0.25) is 0 Å². The number of imidazole rings is 2. The summed E-state index contributed by atoms with van der Waals surface area (Å²) in [6.45, 7) is 13.3. The first-order valence-electron chi connectivity index (χ1n) is 26.7. The van der Waals surface area contributed by atoms with Gasteiger partial charge in [0.25, 0.3) is 0 Å². The number of benzene rings is 10. The molecule has 0 radical (unpaired) electrons. The summed E-state index contributed by atoms with van der Waals surface area (Å²) in [5.41, 5.74) is 16.6. The van der Waals surface area contributed by atoms with Gasteiger partial charge in [0.15, 0.2) is 0 Å². The Hall–Kier alpha value is -8.71. The largest absolute Gasteiger partial charge is 2.00 e. The maximum atomic E-state index is 7.24. The molecular formula is C70H53BN4O3Pt. The van der Waals surface area contributed by atoms with Gasteiger partial charge in [-0.05, 0) is 105 Å². The minimum atomic E-state index is -0.261. The molecule has 10 aromatic carbocycles. The van der Waals surface area contributed by atoms with Crippen LogP contribution in [0.4, 0.5) is 0 Å². The van der Waals surface area contributed by atoms with E-state index in [-0.39, 0.29) is 38.6 Å². The third-order valence-electron chi connectivity index (χ3n) is 15.3. The molecule has 0 N–H and O–H groups in total. The average Bonchev–Trinajstić information content (AvgIpc) is 4.15. The molecule has 7 nitrogen and oxygen atoms in total. The zero-order valence-corrected chi connectivity index (χ0v) is 46.9. The van der Waals surface area contributed by atoms with Crippen LogP contribution >= 0.6 is 0 Å². The molecule has 0 aliphatic carbocycles. The van der Waals surface area contributed by atoms with Gasteiger partial charge in [-0.1, -0.05) is 198 Å². The molecule has 2 aliphatic heterocycles. The summed E-state index contributed by atoms with van der Waals surface area (Å²) in [6.07, 6.45) is 0. The molecule has 79 heavy (non-hydrogen) atoms. The summed E-state index contributed by atoms with van der Waals surface area (Å²) >= 11 is 0. The van der Waals surface area contributed by atoms with E-state index in [1.807, 2.05) is 54.6 Å². The van der Waals surface area contributed by atoms with E-state index in [0.29, 0.717) is 34.4 Å². The Morgan fingerprint density at radius 2 is 0.949 bits per heavy atom. The van der Waals surface area contributed by atoms with Gasteiger partial charge in [0.1, 0.15) is 11.5 Å². The van der Waals surface area contributed by atoms with E-state index in [4.69, 9.17) is 24.2 Å². The second kappa shape index (κ2) is 19.3. The molecule has 9 heteroatoms. The molecule has 0 fully saturated rings. The van der Waals surface area contributed by atoms with Crippen molar-refractivity contribution >= 4 is 45.2 Å². The Balaban J connectivity index is 0.00000591. The second-order valence-electron chi connectivity index (χ2n) is 22.4. The summed E-state index contributed by atoms with van der Waals surface area (Å²) in [5, 5.41) is 0. The molecule has 12 aromatic rings. The van der Waals surface area contributed by atoms with Crippen LogP contribution in [0.3, 0.4) is 0 Å².